The third kappa shape index (κ3) is 1.02. The second kappa shape index (κ2) is 2.72. The molecule has 1 heterocycles. The zero-order chi connectivity index (χ0) is 10.6. The summed E-state index contributed by atoms with van der Waals surface area (Å²) in [5.41, 5.74) is 0.774. The van der Waals surface area contributed by atoms with Gasteiger partial charge in [0.25, 0.3) is 0 Å². The Labute approximate surface area is 86.5 Å². The minimum absolute atomic E-state index is 0.144. The lowest BCUT2D eigenvalue weighted by Gasteiger charge is -2.21. The first-order valence-corrected chi connectivity index (χ1v) is 4.96. The highest BCUT2D eigenvalue weighted by Crippen LogP contribution is 2.51. The Hall–Kier alpha value is -1.58. The summed E-state index contributed by atoms with van der Waals surface area (Å²) in [5.74, 6) is -0.412. The lowest BCUT2D eigenvalue weighted by molar-refractivity contribution is -0.156. The van der Waals surface area contributed by atoms with Crippen LogP contribution in [0, 0.1) is 11.8 Å². The van der Waals surface area contributed by atoms with Gasteiger partial charge in [0.15, 0.2) is 0 Å². The maximum Gasteiger partial charge on any atom is 0.334 e. The molecule has 4 atom stereocenters. The van der Waals surface area contributed by atoms with Crippen LogP contribution in [0.3, 0.4) is 0 Å². The summed E-state index contributed by atoms with van der Waals surface area (Å²) >= 11 is 0. The van der Waals surface area contributed by atoms with Gasteiger partial charge in [-0.2, -0.15) is 0 Å². The fraction of sp³-hybridized carbons (Fsp3) is 0.455. The number of rotatable bonds is 2. The van der Waals surface area contributed by atoms with E-state index in [1.807, 2.05) is 6.08 Å². The van der Waals surface area contributed by atoms with Gasteiger partial charge in [-0.3, -0.25) is 0 Å². The van der Waals surface area contributed by atoms with Crippen molar-refractivity contribution in [2.24, 2.45) is 11.8 Å². The molecule has 3 rings (SSSR count). The fourth-order valence-electron chi connectivity index (χ4n) is 2.75. The summed E-state index contributed by atoms with van der Waals surface area (Å²) < 4.78 is 10.4. The molecule has 15 heavy (non-hydrogen) atoms. The Morgan fingerprint density at radius 2 is 2.47 bits per heavy atom. The van der Waals surface area contributed by atoms with Crippen molar-refractivity contribution in [2.45, 2.75) is 18.6 Å². The lowest BCUT2D eigenvalue weighted by atomic mass is 9.97. The van der Waals surface area contributed by atoms with Crippen molar-refractivity contribution in [1.29, 1.82) is 0 Å². The molecule has 0 N–H and O–H groups in total. The smallest absolute Gasteiger partial charge is 0.334 e. The molecule has 3 aliphatic rings. The first-order chi connectivity index (χ1) is 7.20. The summed E-state index contributed by atoms with van der Waals surface area (Å²) in [7, 11) is 0. The molecular weight excluding hydrogens is 196 g/mol. The van der Waals surface area contributed by atoms with Crippen molar-refractivity contribution in [3.8, 4) is 0 Å². The van der Waals surface area contributed by atoms with E-state index in [1.54, 1.807) is 0 Å². The van der Waals surface area contributed by atoms with Crippen LogP contribution < -0.4 is 0 Å². The summed E-state index contributed by atoms with van der Waals surface area (Å²) in [6.45, 7) is 3.34. The van der Waals surface area contributed by atoms with Gasteiger partial charge >= 0.3 is 11.9 Å². The first-order valence-electron chi connectivity index (χ1n) is 4.96. The fourth-order valence-corrected chi connectivity index (χ4v) is 2.75. The SMILES string of the molecule is C=CC(=O)OC1C2C=C3C(=O)OC1C3C2. The van der Waals surface area contributed by atoms with Gasteiger partial charge in [0.1, 0.15) is 12.2 Å². The normalized spacial score (nSPS) is 40.0. The average Bonchev–Trinajstić information content (AvgIpc) is 2.81. The molecule has 1 saturated carbocycles. The molecule has 0 amide bonds. The van der Waals surface area contributed by atoms with E-state index < -0.39 is 5.97 Å². The number of ether oxygens (including phenoxy) is 2. The third-order valence-corrected chi connectivity index (χ3v) is 3.36. The van der Waals surface area contributed by atoms with Gasteiger partial charge in [-0.15, -0.1) is 0 Å². The second-order valence-corrected chi connectivity index (χ2v) is 4.10. The third-order valence-electron chi connectivity index (χ3n) is 3.36. The number of carbonyl (C=O) groups excluding carboxylic acids is 2. The van der Waals surface area contributed by atoms with Gasteiger partial charge < -0.3 is 9.47 Å². The van der Waals surface area contributed by atoms with Gasteiger partial charge in [0, 0.05) is 23.5 Å². The maximum absolute atomic E-state index is 11.3. The standard InChI is InChI=1S/C11H10O4/c1-2-8(12)14-9-5-3-6-7(4-5)11(13)15-10(6)9/h2,4-6,9-10H,1,3H2. The van der Waals surface area contributed by atoms with Crippen LogP contribution in [0.15, 0.2) is 24.3 Å². The summed E-state index contributed by atoms with van der Waals surface area (Å²) in [5, 5.41) is 0. The van der Waals surface area contributed by atoms with Crippen molar-refractivity contribution in [3.05, 3.63) is 24.3 Å². The number of fused-ring (bicyclic) bond motifs is 1. The van der Waals surface area contributed by atoms with Gasteiger partial charge in [-0.1, -0.05) is 12.7 Å². The second-order valence-electron chi connectivity index (χ2n) is 4.10. The van der Waals surface area contributed by atoms with E-state index in [1.165, 1.54) is 0 Å². The molecule has 4 heteroatoms. The van der Waals surface area contributed by atoms with Crippen LogP contribution in [0.1, 0.15) is 6.42 Å². The van der Waals surface area contributed by atoms with Crippen LogP contribution >= 0.6 is 0 Å². The summed E-state index contributed by atoms with van der Waals surface area (Å²) in [4.78, 5) is 22.4. The van der Waals surface area contributed by atoms with E-state index in [-0.39, 0.29) is 30.0 Å². The quantitative estimate of drug-likeness (QED) is 0.490. The van der Waals surface area contributed by atoms with Crippen LogP contribution in [0.25, 0.3) is 0 Å². The average molecular weight is 206 g/mol. The number of esters is 2. The first kappa shape index (κ1) is 8.71. The minimum Gasteiger partial charge on any atom is -0.455 e. The molecular formula is C11H10O4. The van der Waals surface area contributed by atoms with Crippen LogP contribution in [-0.2, 0) is 19.1 Å². The van der Waals surface area contributed by atoms with Crippen molar-refractivity contribution in [2.75, 3.05) is 0 Å². The Morgan fingerprint density at radius 1 is 1.67 bits per heavy atom. The molecule has 2 aliphatic carbocycles. The Balaban J connectivity index is 1.85. The van der Waals surface area contributed by atoms with Crippen LogP contribution in [0.2, 0.25) is 0 Å². The van der Waals surface area contributed by atoms with Crippen molar-refractivity contribution < 1.29 is 19.1 Å². The molecule has 78 valence electrons. The van der Waals surface area contributed by atoms with Crippen molar-refractivity contribution >= 4 is 11.9 Å². The molecule has 0 spiro atoms. The largest absolute Gasteiger partial charge is 0.455 e. The zero-order valence-electron chi connectivity index (χ0n) is 8.01. The van der Waals surface area contributed by atoms with Crippen LogP contribution in [-0.4, -0.2) is 24.1 Å². The van der Waals surface area contributed by atoms with Gasteiger partial charge in [0.2, 0.25) is 0 Å². The predicted molar refractivity (Wildman–Crippen MR) is 49.6 cm³/mol. The highest BCUT2D eigenvalue weighted by molar-refractivity contribution is 5.93. The minimum atomic E-state index is -0.453. The number of hydrogen-bond acceptors (Lipinski definition) is 4. The van der Waals surface area contributed by atoms with E-state index in [4.69, 9.17) is 9.47 Å². The molecule has 0 aromatic heterocycles. The molecule has 2 bridgehead atoms. The van der Waals surface area contributed by atoms with Crippen molar-refractivity contribution in [3.63, 3.8) is 0 Å². The van der Waals surface area contributed by atoms with Crippen molar-refractivity contribution in [1.82, 2.24) is 0 Å². The van der Waals surface area contributed by atoms with E-state index in [0.717, 1.165) is 18.1 Å². The highest BCUT2D eigenvalue weighted by atomic mass is 16.6. The molecule has 2 fully saturated rings. The van der Waals surface area contributed by atoms with Gasteiger partial charge in [-0.05, 0) is 6.42 Å². The lowest BCUT2D eigenvalue weighted by Crippen LogP contribution is -2.33. The summed E-state index contributed by atoms with van der Waals surface area (Å²) in [6.07, 6.45) is 3.31. The monoisotopic (exact) mass is 206 g/mol. The Bertz CT molecular complexity index is 395. The maximum atomic E-state index is 11.3. The zero-order valence-corrected chi connectivity index (χ0v) is 8.01. The van der Waals surface area contributed by atoms with E-state index in [2.05, 4.69) is 6.58 Å². The number of hydrogen-bond donors (Lipinski definition) is 0. The molecule has 1 aliphatic heterocycles. The highest BCUT2D eigenvalue weighted by Gasteiger charge is 2.58. The van der Waals surface area contributed by atoms with Crippen LogP contribution in [0.4, 0.5) is 0 Å². The van der Waals surface area contributed by atoms with E-state index in [9.17, 15) is 9.59 Å². The topological polar surface area (TPSA) is 52.6 Å². The molecule has 0 aromatic carbocycles. The molecule has 4 unspecified atom stereocenters. The predicted octanol–water partition coefficient (Wildman–Crippen LogP) is 0.586. The summed E-state index contributed by atoms with van der Waals surface area (Å²) in [6, 6.07) is 0. The van der Waals surface area contributed by atoms with Crippen LogP contribution in [0.5, 0.6) is 0 Å². The van der Waals surface area contributed by atoms with E-state index >= 15 is 0 Å². The Morgan fingerprint density at radius 3 is 3.20 bits per heavy atom. The van der Waals surface area contributed by atoms with Gasteiger partial charge in [-0.25, -0.2) is 9.59 Å². The molecule has 1 saturated heterocycles. The van der Waals surface area contributed by atoms with E-state index in [0.29, 0.717) is 0 Å². The van der Waals surface area contributed by atoms with Gasteiger partial charge in [0.05, 0.1) is 0 Å². The number of carbonyl (C=O) groups is 2. The molecule has 0 aromatic rings. The molecule has 0 radical (unpaired) electrons. The Kier molecular flexibility index (Phi) is 1.58. The molecule has 4 nitrogen and oxygen atoms in total.